The number of halogens is 2. The molecule has 0 saturated heterocycles. The highest BCUT2D eigenvalue weighted by Gasteiger charge is 2.29. The lowest BCUT2D eigenvalue weighted by molar-refractivity contribution is -0.395. The minimum absolute atomic E-state index is 0.442. The molecule has 0 aromatic heterocycles. The average molecular weight is 301 g/mol. The van der Waals surface area contributed by atoms with Crippen molar-refractivity contribution < 1.29 is 18.3 Å². The Labute approximate surface area is 103 Å². The molecule has 0 N–H and O–H groups in total. The molecule has 0 heterocycles. The number of benzene rings is 1. The number of nitrogens with zero attached hydrogens (tertiary/aromatic N) is 2. The van der Waals surface area contributed by atoms with Gasteiger partial charge in [0.2, 0.25) is 0 Å². The second-order valence-corrected chi connectivity index (χ2v) is 5.66. The van der Waals surface area contributed by atoms with Gasteiger partial charge in [0, 0.05) is 10.7 Å². The summed E-state index contributed by atoms with van der Waals surface area (Å²) in [6.07, 6.45) is 0. The third-order valence-electron chi connectivity index (χ3n) is 1.68. The maximum absolute atomic E-state index is 11.0. The van der Waals surface area contributed by atoms with Gasteiger partial charge in [-0.2, -0.15) is 0 Å². The van der Waals surface area contributed by atoms with Crippen molar-refractivity contribution >= 4 is 42.7 Å². The summed E-state index contributed by atoms with van der Waals surface area (Å²) in [6.45, 7) is 0. The van der Waals surface area contributed by atoms with E-state index < -0.39 is 40.2 Å². The molecule has 0 fully saturated rings. The highest BCUT2D eigenvalue weighted by Crippen LogP contribution is 2.36. The van der Waals surface area contributed by atoms with Crippen LogP contribution in [-0.2, 0) is 9.05 Å². The van der Waals surface area contributed by atoms with Gasteiger partial charge in [-0.15, -0.1) is 0 Å². The van der Waals surface area contributed by atoms with Crippen molar-refractivity contribution in [1.82, 2.24) is 0 Å². The summed E-state index contributed by atoms with van der Waals surface area (Å²) in [7, 11) is 0.531. The Balaban J connectivity index is 3.70. The minimum atomic E-state index is -4.42. The SMILES string of the molecule is O=[N+]([O-])c1cc([N+](=O)[O-])c(S(=O)(=O)Cl)cc1Cl. The third kappa shape index (κ3) is 2.81. The fourth-order valence-electron chi connectivity index (χ4n) is 1.01. The first kappa shape index (κ1) is 13.6. The van der Waals surface area contributed by atoms with Crippen LogP contribution in [0.25, 0.3) is 0 Å². The van der Waals surface area contributed by atoms with Crippen LogP contribution in [0, 0.1) is 20.2 Å². The highest BCUT2D eigenvalue weighted by molar-refractivity contribution is 8.13. The van der Waals surface area contributed by atoms with Gasteiger partial charge in [0.25, 0.3) is 20.4 Å². The normalized spacial score (nSPS) is 11.2. The summed E-state index contributed by atoms with van der Waals surface area (Å²) in [6, 6.07) is 1.01. The fraction of sp³-hybridized carbons (Fsp3) is 0. The summed E-state index contributed by atoms with van der Waals surface area (Å²) in [5, 5.41) is 20.5. The van der Waals surface area contributed by atoms with Crippen LogP contribution >= 0.6 is 22.3 Å². The summed E-state index contributed by atoms with van der Waals surface area (Å²) in [4.78, 5) is 18.1. The zero-order chi connectivity index (χ0) is 13.4. The van der Waals surface area contributed by atoms with Gasteiger partial charge in [-0.3, -0.25) is 20.2 Å². The Bertz CT molecular complexity index is 613. The van der Waals surface area contributed by atoms with Crippen LogP contribution in [0.15, 0.2) is 17.0 Å². The van der Waals surface area contributed by atoms with E-state index in [4.69, 9.17) is 22.3 Å². The molecule has 0 aliphatic carbocycles. The Kier molecular flexibility index (Phi) is 3.55. The average Bonchev–Trinajstić information content (AvgIpc) is 2.14. The van der Waals surface area contributed by atoms with Crippen molar-refractivity contribution in [1.29, 1.82) is 0 Å². The molecule has 1 rings (SSSR count). The van der Waals surface area contributed by atoms with Crippen LogP contribution < -0.4 is 0 Å². The molecule has 0 bridgehead atoms. The second kappa shape index (κ2) is 4.43. The van der Waals surface area contributed by atoms with Crippen LogP contribution in [0.4, 0.5) is 11.4 Å². The quantitative estimate of drug-likeness (QED) is 0.478. The maximum Gasteiger partial charge on any atom is 0.296 e. The van der Waals surface area contributed by atoms with E-state index in [1.165, 1.54) is 0 Å². The van der Waals surface area contributed by atoms with E-state index in [1.807, 2.05) is 0 Å². The highest BCUT2D eigenvalue weighted by atomic mass is 35.7. The number of nitro groups is 2. The van der Waals surface area contributed by atoms with E-state index >= 15 is 0 Å². The second-order valence-electron chi connectivity index (χ2n) is 2.72. The Morgan fingerprint density at radius 2 is 1.53 bits per heavy atom. The van der Waals surface area contributed by atoms with E-state index in [1.54, 1.807) is 0 Å². The molecule has 0 unspecified atom stereocenters. The molecule has 0 atom stereocenters. The molecule has 1 aromatic carbocycles. The maximum atomic E-state index is 11.0. The van der Waals surface area contributed by atoms with Crippen molar-refractivity contribution in [2.75, 3.05) is 0 Å². The summed E-state index contributed by atoms with van der Waals surface area (Å²) >= 11 is 5.42. The number of nitro benzene ring substituents is 2. The van der Waals surface area contributed by atoms with Gasteiger partial charge >= 0.3 is 0 Å². The molecule has 92 valence electrons. The van der Waals surface area contributed by atoms with E-state index in [0.29, 0.717) is 12.1 Å². The van der Waals surface area contributed by atoms with Crippen molar-refractivity contribution in [3.05, 3.63) is 37.4 Å². The first-order valence-electron chi connectivity index (χ1n) is 3.71. The van der Waals surface area contributed by atoms with Gasteiger partial charge < -0.3 is 0 Å². The van der Waals surface area contributed by atoms with E-state index in [2.05, 4.69) is 0 Å². The zero-order valence-electron chi connectivity index (χ0n) is 7.66. The third-order valence-corrected chi connectivity index (χ3v) is 3.34. The van der Waals surface area contributed by atoms with Crippen molar-refractivity contribution in [3.63, 3.8) is 0 Å². The predicted octanol–water partition coefficient (Wildman–Crippen LogP) is 2.08. The number of hydrogen-bond donors (Lipinski definition) is 0. The molecule has 0 aliphatic heterocycles. The molecule has 0 aliphatic rings. The zero-order valence-corrected chi connectivity index (χ0v) is 9.99. The van der Waals surface area contributed by atoms with Gasteiger partial charge in [0.05, 0.1) is 15.9 Å². The van der Waals surface area contributed by atoms with Gasteiger partial charge in [-0.1, -0.05) is 11.6 Å². The van der Waals surface area contributed by atoms with Gasteiger partial charge in [0.15, 0.2) is 4.90 Å². The molecular formula is C6H2Cl2N2O6S. The Morgan fingerprint density at radius 1 is 1.06 bits per heavy atom. The first-order valence-corrected chi connectivity index (χ1v) is 6.40. The topological polar surface area (TPSA) is 120 Å². The lowest BCUT2D eigenvalue weighted by atomic mass is 10.3. The first-order chi connectivity index (χ1) is 7.64. The Morgan fingerprint density at radius 3 is 1.88 bits per heavy atom. The van der Waals surface area contributed by atoms with E-state index in [9.17, 15) is 28.6 Å². The molecular weight excluding hydrogens is 299 g/mol. The van der Waals surface area contributed by atoms with Crippen LogP contribution in [-0.4, -0.2) is 18.3 Å². The molecule has 1 aromatic rings. The molecule has 0 saturated carbocycles. The van der Waals surface area contributed by atoms with E-state index in [0.717, 1.165) is 0 Å². The summed E-state index contributed by atoms with van der Waals surface area (Å²) in [5.41, 5.74) is -1.78. The van der Waals surface area contributed by atoms with E-state index in [-0.39, 0.29) is 0 Å². The lowest BCUT2D eigenvalue weighted by Crippen LogP contribution is -2.01. The largest absolute Gasteiger partial charge is 0.296 e. The van der Waals surface area contributed by atoms with Crippen molar-refractivity contribution in [3.8, 4) is 0 Å². The van der Waals surface area contributed by atoms with Crippen LogP contribution in [0.1, 0.15) is 0 Å². The summed E-state index contributed by atoms with van der Waals surface area (Å²) in [5.74, 6) is 0. The smallest absolute Gasteiger partial charge is 0.258 e. The van der Waals surface area contributed by atoms with Crippen molar-refractivity contribution in [2.45, 2.75) is 4.90 Å². The molecule has 0 radical (unpaired) electrons. The van der Waals surface area contributed by atoms with Gasteiger partial charge in [-0.25, -0.2) is 8.42 Å². The molecule has 11 heteroatoms. The van der Waals surface area contributed by atoms with Crippen molar-refractivity contribution in [2.24, 2.45) is 0 Å². The fourth-order valence-corrected chi connectivity index (χ4v) is 2.32. The number of rotatable bonds is 3. The van der Waals surface area contributed by atoms with Gasteiger partial charge in [-0.05, 0) is 6.07 Å². The molecule has 17 heavy (non-hydrogen) atoms. The number of hydrogen-bond acceptors (Lipinski definition) is 6. The monoisotopic (exact) mass is 300 g/mol. The molecule has 8 nitrogen and oxygen atoms in total. The molecule has 0 spiro atoms. The predicted molar refractivity (Wildman–Crippen MR) is 57.8 cm³/mol. The lowest BCUT2D eigenvalue weighted by Gasteiger charge is -2.00. The summed E-state index contributed by atoms with van der Waals surface area (Å²) < 4.78 is 22.0. The van der Waals surface area contributed by atoms with Crippen LogP contribution in [0.2, 0.25) is 5.02 Å². The molecule has 0 amide bonds. The van der Waals surface area contributed by atoms with Crippen LogP contribution in [0.5, 0.6) is 0 Å². The standard InChI is InChI=1S/C6H2Cl2N2O6S/c7-3-1-6(17(8,15)16)5(10(13)14)2-4(3)9(11)12/h1-2H. The Hall–Kier alpha value is -1.45. The van der Waals surface area contributed by atoms with Gasteiger partial charge in [0.1, 0.15) is 5.02 Å². The minimum Gasteiger partial charge on any atom is -0.258 e. The van der Waals surface area contributed by atoms with Crippen LogP contribution in [0.3, 0.4) is 0 Å².